The van der Waals surface area contributed by atoms with Crippen LogP contribution < -0.4 is 19.5 Å². The van der Waals surface area contributed by atoms with E-state index < -0.39 is 0 Å². The predicted molar refractivity (Wildman–Crippen MR) is 160 cm³/mol. The molecule has 1 N–H and O–H groups in total. The van der Waals surface area contributed by atoms with Gasteiger partial charge in [-0.05, 0) is 59.3 Å². The molecule has 0 fully saturated rings. The summed E-state index contributed by atoms with van der Waals surface area (Å²) in [4.78, 5) is 21.8. The van der Waals surface area contributed by atoms with E-state index >= 15 is 0 Å². The number of rotatable bonds is 6. The molecular formula is C33H29N3O4. The number of carbonyl (C=O) groups excluding carboxylic acids is 1. The van der Waals surface area contributed by atoms with Gasteiger partial charge in [-0.2, -0.15) is 0 Å². The first-order valence-electron chi connectivity index (χ1n) is 13.0. The molecule has 7 nitrogen and oxygen atoms in total. The number of methoxy groups -OCH3 is 2. The fourth-order valence-corrected chi connectivity index (χ4v) is 4.51. The molecule has 0 atom stereocenters. The van der Waals surface area contributed by atoms with Crippen LogP contribution in [0, 0.1) is 0 Å². The highest BCUT2D eigenvalue weighted by Gasteiger charge is 2.13. The highest BCUT2D eigenvalue weighted by atomic mass is 16.5. The van der Waals surface area contributed by atoms with Crippen LogP contribution in [0.2, 0.25) is 0 Å². The topological polar surface area (TPSA) is 82.6 Å². The minimum atomic E-state index is -0.203. The fraction of sp³-hybridized carbons (Fsp3) is 0.121. The summed E-state index contributed by atoms with van der Waals surface area (Å²) in [6.07, 6.45) is 3.39. The van der Waals surface area contributed by atoms with E-state index in [4.69, 9.17) is 14.2 Å². The number of ether oxygens (including phenoxy) is 3. The molecule has 6 rings (SSSR count). The van der Waals surface area contributed by atoms with E-state index in [9.17, 15) is 4.79 Å². The smallest absolute Gasteiger partial charge is 0.257 e. The van der Waals surface area contributed by atoms with Gasteiger partial charge < -0.3 is 19.5 Å². The third-order valence-corrected chi connectivity index (χ3v) is 6.38. The first kappa shape index (κ1) is 26.4. The van der Waals surface area contributed by atoms with Crippen molar-refractivity contribution in [2.45, 2.75) is 13.8 Å². The third-order valence-electron chi connectivity index (χ3n) is 6.38. The molecule has 7 heteroatoms. The Kier molecular flexibility index (Phi) is 7.73. The van der Waals surface area contributed by atoms with Gasteiger partial charge in [-0.15, -0.1) is 0 Å². The highest BCUT2D eigenvalue weighted by Crippen LogP contribution is 2.37. The van der Waals surface area contributed by atoms with Crippen LogP contribution in [0.5, 0.6) is 23.0 Å². The molecule has 0 spiro atoms. The zero-order chi connectivity index (χ0) is 28.1. The fourth-order valence-electron chi connectivity index (χ4n) is 4.51. The molecule has 0 bridgehead atoms. The summed E-state index contributed by atoms with van der Waals surface area (Å²) >= 11 is 0. The number of para-hydroxylation sites is 1. The molecule has 0 aliphatic heterocycles. The van der Waals surface area contributed by atoms with E-state index in [1.807, 2.05) is 92.7 Å². The van der Waals surface area contributed by atoms with E-state index in [-0.39, 0.29) is 5.91 Å². The minimum absolute atomic E-state index is 0.203. The van der Waals surface area contributed by atoms with Crippen LogP contribution in [-0.2, 0) is 0 Å². The van der Waals surface area contributed by atoms with Gasteiger partial charge in [0.1, 0.15) is 11.5 Å². The molecule has 4 aromatic carbocycles. The summed E-state index contributed by atoms with van der Waals surface area (Å²) in [5.41, 5.74) is 2.65. The standard InChI is InChI=1S/C31H23N3O4.C2H6/c1-36-28-17-25-26(18-29(28)37-2)32-14-12-27(25)38-23-11-9-20-15-22(10-8-21(20)16-23)34-31(35)24-7-3-5-19-6-4-13-33-30(19)24;1-2/h3-18H,1-2H3,(H,34,35);1-2H3. The predicted octanol–water partition coefficient (Wildman–Crippen LogP) is 8.02. The van der Waals surface area contributed by atoms with Crippen molar-refractivity contribution in [3.63, 3.8) is 0 Å². The summed E-state index contributed by atoms with van der Waals surface area (Å²) in [5, 5.41) is 6.68. The monoisotopic (exact) mass is 531 g/mol. The van der Waals surface area contributed by atoms with Crippen molar-refractivity contribution >= 4 is 44.2 Å². The average molecular weight is 532 g/mol. The maximum Gasteiger partial charge on any atom is 0.257 e. The first-order chi connectivity index (χ1) is 19.6. The molecule has 0 saturated carbocycles. The van der Waals surface area contributed by atoms with Crippen molar-refractivity contribution in [3.8, 4) is 23.0 Å². The zero-order valence-electron chi connectivity index (χ0n) is 22.8. The van der Waals surface area contributed by atoms with E-state index in [0.29, 0.717) is 39.8 Å². The Labute approximate surface area is 232 Å². The van der Waals surface area contributed by atoms with Gasteiger partial charge in [-0.25, -0.2) is 0 Å². The third kappa shape index (κ3) is 5.22. The van der Waals surface area contributed by atoms with Crippen molar-refractivity contribution in [1.82, 2.24) is 9.97 Å². The molecule has 40 heavy (non-hydrogen) atoms. The van der Waals surface area contributed by atoms with E-state index in [2.05, 4.69) is 15.3 Å². The van der Waals surface area contributed by atoms with Crippen molar-refractivity contribution in [1.29, 1.82) is 0 Å². The van der Waals surface area contributed by atoms with Crippen LogP contribution in [0.3, 0.4) is 0 Å². The van der Waals surface area contributed by atoms with Crippen molar-refractivity contribution < 1.29 is 19.0 Å². The molecule has 2 heterocycles. The van der Waals surface area contributed by atoms with Crippen molar-refractivity contribution in [2.24, 2.45) is 0 Å². The number of carbonyl (C=O) groups is 1. The Bertz CT molecular complexity index is 1830. The van der Waals surface area contributed by atoms with Gasteiger partial charge >= 0.3 is 0 Å². The maximum atomic E-state index is 13.0. The molecule has 1 amide bonds. The molecule has 0 unspecified atom stereocenters. The van der Waals surface area contributed by atoms with E-state index in [1.165, 1.54) is 0 Å². The zero-order valence-corrected chi connectivity index (χ0v) is 22.8. The Morgan fingerprint density at radius 2 is 1.45 bits per heavy atom. The summed E-state index contributed by atoms with van der Waals surface area (Å²) in [6.45, 7) is 4.00. The lowest BCUT2D eigenvalue weighted by Gasteiger charge is -2.13. The van der Waals surface area contributed by atoms with E-state index in [0.717, 1.165) is 27.1 Å². The highest BCUT2D eigenvalue weighted by molar-refractivity contribution is 6.12. The second-order valence-corrected chi connectivity index (χ2v) is 8.69. The Morgan fingerprint density at radius 1 is 0.700 bits per heavy atom. The number of hydrogen-bond donors (Lipinski definition) is 1. The molecule has 0 aliphatic rings. The number of aromatic nitrogens is 2. The van der Waals surface area contributed by atoms with Crippen LogP contribution in [-0.4, -0.2) is 30.1 Å². The van der Waals surface area contributed by atoms with Gasteiger partial charge in [0.2, 0.25) is 0 Å². The summed E-state index contributed by atoms with van der Waals surface area (Å²) in [5.74, 6) is 2.34. The van der Waals surface area contributed by atoms with Crippen LogP contribution in [0.1, 0.15) is 24.2 Å². The van der Waals surface area contributed by atoms with Gasteiger partial charge in [0.25, 0.3) is 5.91 Å². The van der Waals surface area contributed by atoms with Gasteiger partial charge in [0, 0.05) is 34.9 Å². The Hall–Kier alpha value is -5.17. The number of anilines is 1. The normalized spacial score (nSPS) is 10.6. The van der Waals surface area contributed by atoms with Gasteiger partial charge in [-0.3, -0.25) is 14.8 Å². The number of amides is 1. The number of nitrogens with zero attached hydrogens (tertiary/aromatic N) is 2. The van der Waals surface area contributed by atoms with Gasteiger partial charge in [-0.1, -0.05) is 44.2 Å². The second kappa shape index (κ2) is 11.7. The van der Waals surface area contributed by atoms with Crippen molar-refractivity contribution in [2.75, 3.05) is 19.5 Å². The van der Waals surface area contributed by atoms with E-state index in [1.54, 1.807) is 32.7 Å². The lowest BCUT2D eigenvalue weighted by molar-refractivity contribution is 0.102. The quantitative estimate of drug-likeness (QED) is 0.234. The summed E-state index contributed by atoms with van der Waals surface area (Å²) in [7, 11) is 3.19. The minimum Gasteiger partial charge on any atom is -0.493 e. The van der Waals surface area contributed by atoms with Crippen LogP contribution >= 0.6 is 0 Å². The number of fused-ring (bicyclic) bond motifs is 3. The number of hydrogen-bond acceptors (Lipinski definition) is 6. The molecule has 0 saturated heterocycles. The summed E-state index contributed by atoms with van der Waals surface area (Å²) < 4.78 is 17.1. The van der Waals surface area contributed by atoms with Crippen molar-refractivity contribution in [3.05, 3.63) is 103 Å². The van der Waals surface area contributed by atoms with Crippen LogP contribution in [0.4, 0.5) is 5.69 Å². The largest absolute Gasteiger partial charge is 0.493 e. The molecule has 200 valence electrons. The number of benzene rings is 4. The summed E-state index contributed by atoms with van der Waals surface area (Å²) in [6, 6.07) is 26.5. The van der Waals surface area contributed by atoms with Gasteiger partial charge in [0.05, 0.1) is 30.8 Å². The second-order valence-electron chi connectivity index (χ2n) is 8.69. The first-order valence-corrected chi connectivity index (χ1v) is 13.0. The molecule has 2 aromatic heterocycles. The Morgan fingerprint density at radius 3 is 2.27 bits per heavy atom. The number of pyridine rings is 2. The maximum absolute atomic E-state index is 13.0. The molecule has 0 aliphatic carbocycles. The van der Waals surface area contributed by atoms with Crippen LogP contribution in [0.25, 0.3) is 32.6 Å². The number of nitrogens with one attached hydrogen (secondary N) is 1. The lowest BCUT2D eigenvalue weighted by atomic mass is 10.1. The molecular weight excluding hydrogens is 502 g/mol. The SMILES string of the molecule is CC.COc1cc2nccc(Oc3ccc4cc(NC(=O)c5cccc6cccnc56)ccc4c3)c2cc1OC. The van der Waals surface area contributed by atoms with Crippen LogP contribution in [0.15, 0.2) is 97.3 Å². The molecule has 6 aromatic rings. The van der Waals surface area contributed by atoms with Gasteiger partial charge in [0.15, 0.2) is 11.5 Å². The Balaban J connectivity index is 0.00000158. The molecule has 0 radical (unpaired) electrons. The average Bonchev–Trinajstić information content (AvgIpc) is 3.01. The lowest BCUT2D eigenvalue weighted by Crippen LogP contribution is -2.12.